The van der Waals surface area contributed by atoms with E-state index in [1.165, 1.54) is 0 Å². The minimum atomic E-state index is -3.43. The summed E-state index contributed by atoms with van der Waals surface area (Å²) in [6.45, 7) is 8.26. The zero-order valence-corrected chi connectivity index (χ0v) is 15.4. The standard InChI is InChI=1S/C17H30N4O2S/c1-16-4-6-17(7-5-16)24(22,23)21-14-3-10-19-12-11-18-8-2-9-20-13-15-21/h4-7,18-20H,2-3,8-15H2,1H3. The Bertz CT molecular complexity index is 561. The summed E-state index contributed by atoms with van der Waals surface area (Å²) in [4.78, 5) is 0.381. The van der Waals surface area contributed by atoms with E-state index in [0.717, 1.165) is 51.1 Å². The molecule has 1 aliphatic rings. The zero-order chi connectivity index (χ0) is 17.3. The first-order valence-electron chi connectivity index (χ1n) is 8.80. The van der Waals surface area contributed by atoms with Gasteiger partial charge < -0.3 is 16.0 Å². The number of hydrogen-bond donors (Lipinski definition) is 3. The van der Waals surface area contributed by atoms with Crippen LogP contribution in [0.3, 0.4) is 0 Å². The number of rotatable bonds is 2. The first-order valence-corrected chi connectivity index (χ1v) is 10.2. The van der Waals surface area contributed by atoms with E-state index in [0.29, 0.717) is 24.5 Å². The summed E-state index contributed by atoms with van der Waals surface area (Å²) in [5, 5.41) is 10.1. The lowest BCUT2D eigenvalue weighted by atomic mass is 10.2. The molecule has 1 aliphatic heterocycles. The van der Waals surface area contributed by atoms with Crippen molar-refractivity contribution in [2.24, 2.45) is 0 Å². The highest BCUT2D eigenvalue weighted by atomic mass is 32.2. The van der Waals surface area contributed by atoms with Gasteiger partial charge in [-0.15, -0.1) is 0 Å². The topological polar surface area (TPSA) is 73.5 Å². The van der Waals surface area contributed by atoms with Gasteiger partial charge in [-0.3, -0.25) is 0 Å². The van der Waals surface area contributed by atoms with Crippen LogP contribution in [0, 0.1) is 6.92 Å². The molecule has 0 aromatic heterocycles. The van der Waals surface area contributed by atoms with Crippen LogP contribution in [0.2, 0.25) is 0 Å². The lowest BCUT2D eigenvalue weighted by molar-refractivity contribution is 0.391. The Balaban J connectivity index is 2.03. The molecule has 136 valence electrons. The molecule has 1 fully saturated rings. The highest BCUT2D eigenvalue weighted by molar-refractivity contribution is 7.89. The number of nitrogens with zero attached hydrogens (tertiary/aromatic N) is 1. The molecule has 0 unspecified atom stereocenters. The van der Waals surface area contributed by atoms with Gasteiger partial charge in [0.05, 0.1) is 4.90 Å². The molecule has 24 heavy (non-hydrogen) atoms. The van der Waals surface area contributed by atoms with Gasteiger partial charge in [0.1, 0.15) is 0 Å². The fourth-order valence-electron chi connectivity index (χ4n) is 2.69. The van der Waals surface area contributed by atoms with E-state index < -0.39 is 10.0 Å². The van der Waals surface area contributed by atoms with Crippen LogP contribution in [-0.4, -0.2) is 65.1 Å². The summed E-state index contributed by atoms with van der Waals surface area (Å²) >= 11 is 0. The number of sulfonamides is 1. The fourth-order valence-corrected chi connectivity index (χ4v) is 4.17. The lowest BCUT2D eigenvalue weighted by Gasteiger charge is -2.23. The van der Waals surface area contributed by atoms with E-state index in [-0.39, 0.29) is 0 Å². The van der Waals surface area contributed by atoms with Crippen LogP contribution in [0.1, 0.15) is 18.4 Å². The smallest absolute Gasteiger partial charge is 0.243 e. The molecule has 0 atom stereocenters. The number of hydrogen-bond acceptors (Lipinski definition) is 5. The number of aryl methyl sites for hydroxylation is 1. The summed E-state index contributed by atoms with van der Waals surface area (Å²) < 4.78 is 27.4. The highest BCUT2D eigenvalue weighted by Gasteiger charge is 2.23. The van der Waals surface area contributed by atoms with Crippen LogP contribution < -0.4 is 16.0 Å². The van der Waals surface area contributed by atoms with Gasteiger partial charge in [0.2, 0.25) is 10.0 Å². The third-order valence-corrected chi connectivity index (χ3v) is 6.06. The van der Waals surface area contributed by atoms with Crippen molar-refractivity contribution in [1.82, 2.24) is 20.3 Å². The molecule has 1 heterocycles. The van der Waals surface area contributed by atoms with E-state index in [9.17, 15) is 8.42 Å². The minimum Gasteiger partial charge on any atom is -0.315 e. The molecule has 2 rings (SSSR count). The molecule has 0 bridgehead atoms. The van der Waals surface area contributed by atoms with Crippen molar-refractivity contribution in [3.63, 3.8) is 0 Å². The Morgan fingerprint density at radius 1 is 0.792 bits per heavy atom. The van der Waals surface area contributed by atoms with Crippen LogP contribution in [0.4, 0.5) is 0 Å². The molecule has 0 spiro atoms. The van der Waals surface area contributed by atoms with Crippen molar-refractivity contribution in [1.29, 1.82) is 0 Å². The van der Waals surface area contributed by atoms with Gasteiger partial charge >= 0.3 is 0 Å². The molecule has 3 N–H and O–H groups in total. The maximum atomic E-state index is 12.9. The normalized spacial score (nSPS) is 20.4. The molecule has 0 radical (unpaired) electrons. The average molecular weight is 355 g/mol. The third-order valence-electron chi connectivity index (χ3n) is 4.14. The molecule has 1 saturated heterocycles. The summed E-state index contributed by atoms with van der Waals surface area (Å²) in [5.41, 5.74) is 1.06. The van der Waals surface area contributed by atoms with Gasteiger partial charge in [-0.2, -0.15) is 4.31 Å². The molecular formula is C17H30N4O2S. The lowest BCUT2D eigenvalue weighted by Crippen LogP contribution is -2.40. The Morgan fingerprint density at radius 3 is 2.04 bits per heavy atom. The van der Waals surface area contributed by atoms with Gasteiger partial charge in [0.15, 0.2) is 0 Å². The SMILES string of the molecule is Cc1ccc(S(=O)(=O)N2CCCNCCNCCCNCC2)cc1. The second kappa shape index (κ2) is 10.1. The molecule has 6 nitrogen and oxygen atoms in total. The molecule has 0 saturated carbocycles. The first-order chi connectivity index (χ1) is 11.6. The Morgan fingerprint density at radius 2 is 1.38 bits per heavy atom. The Kier molecular flexibility index (Phi) is 8.14. The summed E-state index contributed by atoms with van der Waals surface area (Å²) in [6.07, 6.45) is 1.86. The van der Waals surface area contributed by atoms with Crippen LogP contribution in [-0.2, 0) is 10.0 Å². The zero-order valence-electron chi connectivity index (χ0n) is 14.6. The summed E-state index contributed by atoms with van der Waals surface area (Å²) in [5.74, 6) is 0. The predicted octanol–water partition coefficient (Wildman–Crippen LogP) is 0.548. The van der Waals surface area contributed by atoms with Gasteiger partial charge in [-0.05, 0) is 51.5 Å². The van der Waals surface area contributed by atoms with Crippen LogP contribution >= 0.6 is 0 Å². The van der Waals surface area contributed by atoms with Gasteiger partial charge in [0, 0.05) is 32.7 Å². The van der Waals surface area contributed by atoms with Gasteiger partial charge in [-0.1, -0.05) is 17.7 Å². The first kappa shape index (κ1) is 19.3. The number of nitrogens with one attached hydrogen (secondary N) is 3. The molecule has 0 aliphatic carbocycles. The average Bonchev–Trinajstić information content (AvgIpc) is 2.57. The second-order valence-electron chi connectivity index (χ2n) is 6.17. The Labute approximate surface area is 146 Å². The third kappa shape index (κ3) is 6.14. The van der Waals surface area contributed by atoms with E-state index in [1.54, 1.807) is 16.4 Å². The van der Waals surface area contributed by atoms with Crippen LogP contribution in [0.15, 0.2) is 29.2 Å². The fraction of sp³-hybridized carbons (Fsp3) is 0.647. The maximum absolute atomic E-state index is 12.9. The largest absolute Gasteiger partial charge is 0.315 e. The van der Waals surface area contributed by atoms with Gasteiger partial charge in [-0.25, -0.2) is 8.42 Å². The molecule has 1 aromatic rings. The van der Waals surface area contributed by atoms with Crippen LogP contribution in [0.5, 0.6) is 0 Å². The quantitative estimate of drug-likeness (QED) is 0.723. The van der Waals surface area contributed by atoms with E-state index in [1.807, 2.05) is 19.1 Å². The van der Waals surface area contributed by atoms with Crippen molar-refractivity contribution in [2.75, 3.05) is 52.4 Å². The van der Waals surface area contributed by atoms with Crippen LogP contribution in [0.25, 0.3) is 0 Å². The summed E-state index contributed by atoms with van der Waals surface area (Å²) in [6, 6.07) is 7.11. The summed E-state index contributed by atoms with van der Waals surface area (Å²) in [7, 11) is -3.43. The van der Waals surface area contributed by atoms with E-state index in [2.05, 4.69) is 16.0 Å². The van der Waals surface area contributed by atoms with E-state index in [4.69, 9.17) is 0 Å². The number of benzene rings is 1. The van der Waals surface area contributed by atoms with Crippen molar-refractivity contribution < 1.29 is 8.42 Å². The molecule has 0 amide bonds. The minimum absolute atomic E-state index is 0.381. The monoisotopic (exact) mass is 354 g/mol. The molecular weight excluding hydrogens is 324 g/mol. The van der Waals surface area contributed by atoms with Crippen molar-refractivity contribution in [3.05, 3.63) is 29.8 Å². The Hall–Kier alpha value is -0.990. The van der Waals surface area contributed by atoms with Crippen molar-refractivity contribution in [2.45, 2.75) is 24.7 Å². The molecule has 7 heteroatoms. The predicted molar refractivity (Wildman–Crippen MR) is 97.8 cm³/mol. The van der Waals surface area contributed by atoms with Gasteiger partial charge in [0.25, 0.3) is 0 Å². The maximum Gasteiger partial charge on any atom is 0.243 e. The van der Waals surface area contributed by atoms with E-state index >= 15 is 0 Å². The second-order valence-corrected chi connectivity index (χ2v) is 8.11. The van der Waals surface area contributed by atoms with Crippen molar-refractivity contribution >= 4 is 10.0 Å². The van der Waals surface area contributed by atoms with Crippen molar-refractivity contribution in [3.8, 4) is 0 Å². The molecule has 1 aromatic carbocycles. The highest BCUT2D eigenvalue weighted by Crippen LogP contribution is 2.16.